The predicted molar refractivity (Wildman–Crippen MR) is 76.0 cm³/mol. The van der Waals surface area contributed by atoms with Crippen molar-refractivity contribution in [1.82, 2.24) is 0 Å². The van der Waals surface area contributed by atoms with Crippen LogP contribution in [0.2, 0.25) is 4.44 Å². The molecule has 0 aliphatic carbocycles. The van der Waals surface area contributed by atoms with Crippen LogP contribution in [0.15, 0.2) is 0 Å². The van der Waals surface area contributed by atoms with Crippen LogP contribution in [-0.2, 0) is 14.4 Å². The van der Waals surface area contributed by atoms with Crippen molar-refractivity contribution in [2.45, 2.75) is 70.7 Å². The Kier molecular flexibility index (Phi) is 37.2. The topological polar surface area (TPSA) is 120 Å². The van der Waals surface area contributed by atoms with Gasteiger partial charge in [0, 0.05) is 17.9 Å². The maximum atomic E-state index is 9.49. The quantitative estimate of drug-likeness (QED) is 0.530. The zero-order chi connectivity index (χ0) is 17.7. The van der Waals surface area contributed by atoms with Gasteiger partial charge in [0.05, 0.1) is 0 Å². The molecule has 21 heavy (non-hydrogen) atoms. The van der Waals surface area contributed by atoms with Gasteiger partial charge in [-0.2, -0.15) is 0 Å². The van der Waals surface area contributed by atoms with Crippen molar-refractivity contribution < 1.29 is 29.7 Å². The van der Waals surface area contributed by atoms with Crippen LogP contribution in [0.4, 0.5) is 0 Å². The Morgan fingerprint density at radius 1 is 0.667 bits per heavy atom. The normalized spacial score (nSPS) is 7.90. The Balaban J connectivity index is -0.0000000944. The summed E-state index contributed by atoms with van der Waals surface area (Å²) < 4.78 is 1.34. The SMILES string of the molecule is CCCC(=O)[O-].CCCC(=O)[O-].CCCC(=O)[O-].C[CH2][Sn+3]. The number of hydrogen-bond donors (Lipinski definition) is 0. The van der Waals surface area contributed by atoms with Crippen molar-refractivity contribution in [3.63, 3.8) is 0 Å². The molecule has 6 nitrogen and oxygen atoms in total. The summed E-state index contributed by atoms with van der Waals surface area (Å²) in [6.45, 7) is 7.57. The van der Waals surface area contributed by atoms with Gasteiger partial charge in [-0.15, -0.1) is 0 Å². The Morgan fingerprint density at radius 3 is 0.810 bits per heavy atom. The number of aliphatic carboxylic acids is 3. The fourth-order valence-electron chi connectivity index (χ4n) is 0.612. The third-order valence-electron chi connectivity index (χ3n) is 1.36. The molecule has 0 aromatic heterocycles. The summed E-state index contributed by atoms with van der Waals surface area (Å²) in [5, 5.41) is 28.5. The van der Waals surface area contributed by atoms with Gasteiger partial charge in [0.1, 0.15) is 0 Å². The molecule has 0 aliphatic rings. The number of hydrogen-bond acceptors (Lipinski definition) is 6. The van der Waals surface area contributed by atoms with Crippen LogP contribution in [0, 0.1) is 0 Å². The summed E-state index contributed by atoms with van der Waals surface area (Å²) in [5.41, 5.74) is 0. The Hall–Kier alpha value is -0.791. The molecule has 122 valence electrons. The second kappa shape index (κ2) is 27.5. The van der Waals surface area contributed by atoms with Gasteiger partial charge in [0.15, 0.2) is 0 Å². The Morgan fingerprint density at radius 2 is 0.810 bits per heavy atom. The summed E-state index contributed by atoms with van der Waals surface area (Å²) >= 11 is 1.64. The van der Waals surface area contributed by atoms with E-state index in [1.807, 2.05) is 0 Å². The fraction of sp³-hybridized carbons (Fsp3) is 0.786. The molecule has 0 amide bonds. The van der Waals surface area contributed by atoms with E-state index in [0.29, 0.717) is 19.3 Å². The standard InChI is InChI=1S/3C4H8O2.C2H5.Sn/c3*1-2-3-4(5)6;1-2;/h3*2-3H2,1H3,(H,5,6);1H2,2H3;/q;;;;+3/p-3. The maximum absolute atomic E-state index is 9.49. The Labute approximate surface area is 141 Å². The fourth-order valence-corrected chi connectivity index (χ4v) is 0.612. The summed E-state index contributed by atoms with van der Waals surface area (Å²) in [4.78, 5) is 28.5. The van der Waals surface area contributed by atoms with Gasteiger partial charge in [-0.3, -0.25) is 0 Å². The summed E-state index contributed by atoms with van der Waals surface area (Å²) in [5.74, 6) is -2.88. The van der Waals surface area contributed by atoms with E-state index in [0.717, 1.165) is 0 Å². The first-order valence-electron chi connectivity index (χ1n) is 6.97. The van der Waals surface area contributed by atoms with E-state index in [-0.39, 0.29) is 19.3 Å². The molecule has 0 bridgehead atoms. The molecule has 0 saturated heterocycles. The van der Waals surface area contributed by atoms with Crippen LogP contribution in [-0.4, -0.2) is 40.4 Å². The van der Waals surface area contributed by atoms with Gasteiger partial charge < -0.3 is 29.7 Å². The van der Waals surface area contributed by atoms with E-state index in [4.69, 9.17) is 0 Å². The molecular formula is C14H26O6Sn. The Bertz CT molecular complexity index is 206. The van der Waals surface area contributed by atoms with Crippen molar-refractivity contribution in [1.29, 1.82) is 0 Å². The minimum atomic E-state index is -0.961. The van der Waals surface area contributed by atoms with Gasteiger partial charge in [-0.05, 0) is 19.3 Å². The molecule has 0 saturated carbocycles. The molecule has 0 unspecified atom stereocenters. The van der Waals surface area contributed by atoms with E-state index in [1.165, 1.54) is 4.44 Å². The van der Waals surface area contributed by atoms with Gasteiger partial charge >= 0.3 is 33.9 Å². The molecule has 0 N–H and O–H groups in total. The van der Waals surface area contributed by atoms with Crippen molar-refractivity contribution in [2.75, 3.05) is 0 Å². The van der Waals surface area contributed by atoms with Gasteiger partial charge in [-0.25, -0.2) is 0 Å². The van der Waals surface area contributed by atoms with Crippen LogP contribution in [0.25, 0.3) is 0 Å². The number of carbonyl (C=O) groups is 3. The van der Waals surface area contributed by atoms with Crippen molar-refractivity contribution in [3.8, 4) is 0 Å². The third-order valence-corrected chi connectivity index (χ3v) is 1.36. The first-order valence-corrected chi connectivity index (χ1v) is 8.99. The molecule has 0 spiro atoms. The van der Waals surface area contributed by atoms with Crippen LogP contribution >= 0.6 is 0 Å². The van der Waals surface area contributed by atoms with Gasteiger partial charge in [0.2, 0.25) is 0 Å². The number of carbonyl (C=O) groups excluding carboxylic acids is 3. The van der Waals surface area contributed by atoms with Crippen LogP contribution in [0.1, 0.15) is 66.2 Å². The number of rotatable bonds is 6. The first-order chi connectivity index (χ1) is 9.72. The number of carboxylic acid groups (broad SMARTS) is 3. The molecule has 7 heteroatoms. The molecule has 0 heterocycles. The number of carboxylic acids is 3. The molecule has 0 aromatic carbocycles. The van der Waals surface area contributed by atoms with E-state index in [2.05, 4.69) is 6.92 Å². The summed E-state index contributed by atoms with van der Waals surface area (Å²) in [6, 6.07) is 0. The average Bonchev–Trinajstić information content (AvgIpc) is 2.30. The van der Waals surface area contributed by atoms with Crippen molar-refractivity contribution in [2.24, 2.45) is 0 Å². The average molecular weight is 409 g/mol. The van der Waals surface area contributed by atoms with E-state index in [9.17, 15) is 29.7 Å². The zero-order valence-electron chi connectivity index (χ0n) is 13.4. The third kappa shape index (κ3) is 84.4. The van der Waals surface area contributed by atoms with E-state index >= 15 is 0 Å². The molecule has 0 rings (SSSR count). The van der Waals surface area contributed by atoms with Crippen LogP contribution in [0.3, 0.4) is 0 Å². The van der Waals surface area contributed by atoms with Gasteiger partial charge in [0.25, 0.3) is 0 Å². The minimum absolute atomic E-state index is 0.181. The molecule has 0 aromatic rings. The monoisotopic (exact) mass is 410 g/mol. The summed E-state index contributed by atoms with van der Waals surface area (Å²) in [6.07, 6.45) is 2.55. The van der Waals surface area contributed by atoms with Crippen LogP contribution < -0.4 is 15.3 Å². The molecule has 0 fully saturated rings. The van der Waals surface area contributed by atoms with Crippen molar-refractivity contribution >= 4 is 40.4 Å². The molecule has 0 aliphatic heterocycles. The van der Waals surface area contributed by atoms with Crippen LogP contribution in [0.5, 0.6) is 0 Å². The van der Waals surface area contributed by atoms with E-state index < -0.39 is 17.9 Å². The zero-order valence-corrected chi connectivity index (χ0v) is 16.3. The molecule has 0 radical (unpaired) electrons. The van der Waals surface area contributed by atoms with E-state index in [1.54, 1.807) is 43.3 Å². The second-order valence-corrected chi connectivity index (χ2v) is 5.74. The van der Waals surface area contributed by atoms with Crippen molar-refractivity contribution in [3.05, 3.63) is 0 Å². The predicted octanol–water partition coefficient (Wildman–Crippen LogP) is -0.798. The first kappa shape index (κ1) is 28.4. The molecule has 0 atom stereocenters. The molecular weight excluding hydrogens is 383 g/mol. The van der Waals surface area contributed by atoms with Gasteiger partial charge in [-0.1, -0.05) is 40.0 Å². The summed E-state index contributed by atoms with van der Waals surface area (Å²) in [7, 11) is 0. The second-order valence-electron chi connectivity index (χ2n) is 3.72.